The summed E-state index contributed by atoms with van der Waals surface area (Å²) in [6.07, 6.45) is 4.99. The third-order valence-electron chi connectivity index (χ3n) is 9.16. The molecule has 2 amide bonds. The zero-order valence-corrected chi connectivity index (χ0v) is 30.6. The van der Waals surface area contributed by atoms with Crippen LogP contribution < -0.4 is 20.9 Å². The average Bonchev–Trinajstić information content (AvgIpc) is 3.13. The van der Waals surface area contributed by atoms with E-state index < -0.39 is 6.03 Å². The first kappa shape index (κ1) is 37.1. The molecule has 5 aromatic rings. The lowest BCUT2D eigenvalue weighted by molar-refractivity contribution is 0.210. The average molecular weight is 686 g/mol. The van der Waals surface area contributed by atoms with Crippen molar-refractivity contribution in [2.24, 2.45) is 0 Å². The van der Waals surface area contributed by atoms with Gasteiger partial charge in [-0.25, -0.2) is 9.78 Å². The first-order chi connectivity index (χ1) is 24.7. The first-order valence-corrected chi connectivity index (χ1v) is 18.0. The summed E-state index contributed by atoms with van der Waals surface area (Å²) < 4.78 is 7.95. The number of rotatable bonds is 16. The fraction of sp³-hybridized carbons (Fsp3) is 0.326. The fourth-order valence-electron chi connectivity index (χ4n) is 6.48. The molecule has 0 aliphatic heterocycles. The van der Waals surface area contributed by atoms with Gasteiger partial charge in [-0.15, -0.1) is 6.58 Å². The molecule has 0 aliphatic rings. The number of nitrogens with zero attached hydrogens (tertiary/aromatic N) is 3. The minimum Gasteiger partial charge on any atom is -0.492 e. The minimum absolute atomic E-state index is 0.189. The second-order valence-electron chi connectivity index (χ2n) is 13.4. The number of carbonyl (C=O) groups is 1. The second-order valence-corrected chi connectivity index (χ2v) is 13.4. The monoisotopic (exact) mass is 685 g/mol. The highest BCUT2D eigenvalue weighted by Gasteiger charge is 2.23. The summed E-state index contributed by atoms with van der Waals surface area (Å²) in [7, 11) is 0. The first-order valence-electron chi connectivity index (χ1n) is 18.0. The van der Waals surface area contributed by atoms with Crippen LogP contribution in [0.15, 0.2) is 109 Å². The van der Waals surface area contributed by atoms with Crippen molar-refractivity contribution in [2.75, 3.05) is 30.3 Å². The van der Waals surface area contributed by atoms with Crippen molar-refractivity contribution in [1.29, 1.82) is 0 Å². The number of urea groups is 1. The van der Waals surface area contributed by atoms with Crippen molar-refractivity contribution in [3.05, 3.63) is 131 Å². The predicted octanol–water partition coefficient (Wildman–Crippen LogP) is 9.82. The summed E-state index contributed by atoms with van der Waals surface area (Å²) in [6, 6.07) is 27.6. The number of aromatic nitrogens is 2. The van der Waals surface area contributed by atoms with Gasteiger partial charge in [0.15, 0.2) is 0 Å². The normalized spacial score (nSPS) is 11.4. The lowest BCUT2D eigenvalue weighted by Gasteiger charge is -2.22. The lowest BCUT2D eigenvalue weighted by Crippen LogP contribution is -2.30. The van der Waals surface area contributed by atoms with E-state index in [0.29, 0.717) is 36.5 Å². The van der Waals surface area contributed by atoms with Gasteiger partial charge in [-0.1, -0.05) is 101 Å². The summed E-state index contributed by atoms with van der Waals surface area (Å²) in [5, 5.41) is 6.90. The standard InChI is InChI=1S/C43H51N5O3/c1-7-9-13-25-48-41-37(23-16-24-44-41)38(33-19-14-20-34(28-33)51-27-26-47(8-2)29-32-17-11-10-12-18-32)40(42(48)49)46-43(50)45-39-35(30(3)4)21-15-22-36(39)31(5)6/h7,10-12,14-24,28,30-31H,1,8-9,13,25-27,29H2,2-6H3,(H2,45,46,50). The molecule has 0 fully saturated rings. The quantitative estimate of drug-likeness (QED) is 0.0798. The Labute approximate surface area is 302 Å². The molecule has 2 heterocycles. The molecule has 0 bridgehead atoms. The van der Waals surface area contributed by atoms with Gasteiger partial charge in [-0.3, -0.25) is 14.3 Å². The van der Waals surface area contributed by atoms with Crippen molar-refractivity contribution in [2.45, 2.75) is 72.4 Å². The summed E-state index contributed by atoms with van der Waals surface area (Å²) in [5.41, 5.74) is 5.90. The van der Waals surface area contributed by atoms with E-state index in [9.17, 15) is 9.59 Å². The number of amides is 2. The number of ether oxygens (including phenoxy) is 1. The van der Waals surface area contributed by atoms with E-state index in [-0.39, 0.29) is 23.1 Å². The highest BCUT2D eigenvalue weighted by atomic mass is 16.5. The van der Waals surface area contributed by atoms with Gasteiger partial charge < -0.3 is 15.4 Å². The molecule has 5 rings (SSSR count). The maximum Gasteiger partial charge on any atom is 0.323 e. The Morgan fingerprint density at radius 2 is 1.63 bits per heavy atom. The Balaban J connectivity index is 1.51. The molecule has 2 N–H and O–H groups in total. The number of hydrogen-bond donors (Lipinski definition) is 2. The number of benzene rings is 3. The van der Waals surface area contributed by atoms with E-state index in [4.69, 9.17) is 4.74 Å². The number of para-hydroxylation sites is 1. The molecule has 2 aromatic heterocycles. The van der Waals surface area contributed by atoms with Crippen molar-refractivity contribution >= 4 is 28.4 Å². The van der Waals surface area contributed by atoms with Crippen LogP contribution in [0, 0.1) is 0 Å². The van der Waals surface area contributed by atoms with Crippen LogP contribution in [-0.2, 0) is 13.1 Å². The third kappa shape index (κ3) is 9.13. The van der Waals surface area contributed by atoms with Crippen molar-refractivity contribution in [1.82, 2.24) is 14.5 Å². The number of likely N-dealkylation sites (N-methyl/N-ethyl adjacent to an activating group) is 1. The van der Waals surface area contributed by atoms with Gasteiger partial charge in [0, 0.05) is 42.5 Å². The number of hydrogen-bond acceptors (Lipinski definition) is 5. The Kier molecular flexibility index (Phi) is 12.8. The molecule has 0 atom stereocenters. The molecule has 51 heavy (non-hydrogen) atoms. The molecule has 3 aromatic carbocycles. The molecular weight excluding hydrogens is 635 g/mol. The number of aryl methyl sites for hydroxylation is 1. The topological polar surface area (TPSA) is 88.5 Å². The Bertz CT molecular complexity index is 1970. The van der Waals surface area contributed by atoms with Gasteiger partial charge in [0.25, 0.3) is 5.56 Å². The number of nitrogens with one attached hydrogen (secondary N) is 2. The summed E-state index contributed by atoms with van der Waals surface area (Å²) in [4.78, 5) is 35.4. The smallest absolute Gasteiger partial charge is 0.323 e. The number of allylic oxidation sites excluding steroid dienone is 1. The number of unbranched alkanes of at least 4 members (excludes halogenated alkanes) is 1. The fourth-order valence-corrected chi connectivity index (χ4v) is 6.48. The van der Waals surface area contributed by atoms with Crippen LogP contribution in [0.5, 0.6) is 5.75 Å². The second kappa shape index (κ2) is 17.6. The number of pyridine rings is 2. The molecule has 0 aliphatic carbocycles. The van der Waals surface area contributed by atoms with E-state index in [1.165, 1.54) is 5.56 Å². The zero-order valence-electron chi connectivity index (χ0n) is 30.6. The molecule has 0 spiro atoms. The van der Waals surface area contributed by atoms with Crippen molar-refractivity contribution < 1.29 is 9.53 Å². The van der Waals surface area contributed by atoms with Gasteiger partial charge in [0.05, 0.1) is 0 Å². The van der Waals surface area contributed by atoms with Gasteiger partial charge in [0.1, 0.15) is 23.7 Å². The van der Waals surface area contributed by atoms with Crippen LogP contribution >= 0.6 is 0 Å². The van der Waals surface area contributed by atoms with Gasteiger partial charge >= 0.3 is 6.03 Å². The van der Waals surface area contributed by atoms with Crippen molar-refractivity contribution in [3.8, 4) is 16.9 Å². The summed E-state index contributed by atoms with van der Waals surface area (Å²) in [6.45, 7) is 17.9. The van der Waals surface area contributed by atoms with Crippen LogP contribution in [0.4, 0.5) is 16.2 Å². The van der Waals surface area contributed by atoms with E-state index in [2.05, 4.69) is 86.0 Å². The van der Waals surface area contributed by atoms with E-state index in [1.54, 1.807) is 10.8 Å². The predicted molar refractivity (Wildman–Crippen MR) is 211 cm³/mol. The lowest BCUT2D eigenvalue weighted by atomic mass is 9.93. The van der Waals surface area contributed by atoms with Gasteiger partial charge in [0.2, 0.25) is 0 Å². The van der Waals surface area contributed by atoms with Crippen LogP contribution in [0.3, 0.4) is 0 Å². The molecule has 266 valence electrons. The molecule has 8 heteroatoms. The van der Waals surface area contributed by atoms with Gasteiger partial charge in [-0.05, 0) is 77.7 Å². The van der Waals surface area contributed by atoms with Crippen LogP contribution in [0.2, 0.25) is 0 Å². The van der Waals surface area contributed by atoms with E-state index in [1.807, 2.05) is 66.7 Å². The zero-order chi connectivity index (χ0) is 36.3. The van der Waals surface area contributed by atoms with E-state index >= 15 is 0 Å². The third-order valence-corrected chi connectivity index (χ3v) is 9.16. The molecule has 0 saturated carbocycles. The Morgan fingerprint density at radius 3 is 2.31 bits per heavy atom. The maximum atomic E-state index is 14.4. The van der Waals surface area contributed by atoms with Crippen LogP contribution in [0.1, 0.15) is 76.0 Å². The Morgan fingerprint density at radius 1 is 0.922 bits per heavy atom. The molecular formula is C43H51N5O3. The minimum atomic E-state index is -0.477. The number of carbonyl (C=O) groups excluding carboxylic acids is 1. The molecule has 0 radical (unpaired) electrons. The SMILES string of the molecule is C=CCCCn1c(=O)c(NC(=O)Nc2c(C(C)C)cccc2C(C)C)c(-c2cccc(OCCN(CC)Cc3ccccc3)c2)c2cccnc21. The van der Waals surface area contributed by atoms with Crippen LogP contribution in [0.25, 0.3) is 22.2 Å². The maximum absolute atomic E-state index is 14.4. The Hall–Kier alpha value is -5.21. The number of fused-ring (bicyclic) bond motifs is 1. The summed E-state index contributed by atoms with van der Waals surface area (Å²) in [5.74, 6) is 1.06. The highest BCUT2D eigenvalue weighted by molar-refractivity contribution is 6.07. The van der Waals surface area contributed by atoms with Crippen molar-refractivity contribution in [3.63, 3.8) is 0 Å². The molecule has 0 saturated heterocycles. The van der Waals surface area contributed by atoms with E-state index in [0.717, 1.165) is 53.8 Å². The van der Waals surface area contributed by atoms with Crippen LogP contribution in [-0.4, -0.2) is 40.2 Å². The largest absolute Gasteiger partial charge is 0.492 e. The molecule has 8 nitrogen and oxygen atoms in total. The highest BCUT2D eigenvalue weighted by Crippen LogP contribution is 2.36. The summed E-state index contributed by atoms with van der Waals surface area (Å²) >= 11 is 0. The molecule has 0 unspecified atom stereocenters. The van der Waals surface area contributed by atoms with Gasteiger partial charge in [-0.2, -0.15) is 0 Å². The number of anilines is 2.